The molecule has 2 nitrogen and oxygen atoms in total. The van der Waals surface area contributed by atoms with Crippen LogP contribution in [0.1, 0.15) is 22.3 Å². The Morgan fingerprint density at radius 2 is 1.48 bits per heavy atom. The van der Waals surface area contributed by atoms with E-state index in [4.69, 9.17) is 4.74 Å². The van der Waals surface area contributed by atoms with Crippen LogP contribution in [0.4, 0.5) is 0 Å². The van der Waals surface area contributed by atoms with E-state index in [0.29, 0.717) is 11.3 Å². The van der Waals surface area contributed by atoms with Gasteiger partial charge in [0.05, 0.1) is 5.57 Å². The summed E-state index contributed by atoms with van der Waals surface area (Å²) in [6.45, 7) is 4.12. The maximum Gasteiger partial charge on any atom is 0.343 e. The third kappa shape index (κ3) is 3.11. The molecule has 0 aliphatic carbocycles. The van der Waals surface area contributed by atoms with Gasteiger partial charge in [0.1, 0.15) is 5.76 Å². The highest BCUT2D eigenvalue weighted by molar-refractivity contribution is 6.05. The van der Waals surface area contributed by atoms with Crippen LogP contribution in [-0.2, 0) is 9.53 Å². The number of esters is 1. The maximum absolute atomic E-state index is 12.2. The number of cyclic esters (lactones) is 1. The highest BCUT2D eigenvalue weighted by Gasteiger charge is 2.22. The summed E-state index contributed by atoms with van der Waals surface area (Å²) in [6.07, 6.45) is 3.68. The summed E-state index contributed by atoms with van der Waals surface area (Å²) in [5.74, 6) is 0.297. The molecule has 122 valence electrons. The zero-order valence-electron chi connectivity index (χ0n) is 14.2. The van der Waals surface area contributed by atoms with Gasteiger partial charge < -0.3 is 4.74 Å². The number of carbonyl (C=O) groups is 1. The molecule has 1 heterocycles. The lowest BCUT2D eigenvalue weighted by atomic mass is 10.0. The van der Waals surface area contributed by atoms with Crippen LogP contribution >= 0.6 is 0 Å². The smallest absolute Gasteiger partial charge is 0.343 e. The lowest BCUT2D eigenvalue weighted by Gasteiger charge is -2.05. The SMILES string of the molecule is Cc1ccc(/C=C2/C=C(c3ccc4cc(C)ccc4c3)OC2=O)cc1. The van der Waals surface area contributed by atoms with Gasteiger partial charge >= 0.3 is 5.97 Å². The first-order chi connectivity index (χ1) is 12.1. The summed E-state index contributed by atoms with van der Waals surface area (Å²) in [6, 6.07) is 20.5. The molecule has 0 bridgehead atoms. The number of rotatable bonds is 2. The molecule has 0 fully saturated rings. The fourth-order valence-electron chi connectivity index (χ4n) is 2.99. The molecule has 1 aliphatic rings. The van der Waals surface area contributed by atoms with Crippen LogP contribution in [0.15, 0.2) is 72.3 Å². The highest BCUT2D eigenvalue weighted by Crippen LogP contribution is 2.29. The molecule has 0 spiro atoms. The van der Waals surface area contributed by atoms with Crippen LogP contribution in [0.5, 0.6) is 0 Å². The number of aryl methyl sites for hydroxylation is 2. The van der Waals surface area contributed by atoms with Gasteiger partial charge in [-0.3, -0.25) is 0 Å². The highest BCUT2D eigenvalue weighted by atomic mass is 16.5. The lowest BCUT2D eigenvalue weighted by Crippen LogP contribution is -1.97. The van der Waals surface area contributed by atoms with Crippen molar-refractivity contribution in [1.82, 2.24) is 0 Å². The van der Waals surface area contributed by atoms with E-state index >= 15 is 0 Å². The molecule has 2 heteroatoms. The van der Waals surface area contributed by atoms with Crippen LogP contribution in [0.3, 0.4) is 0 Å². The minimum atomic E-state index is -0.306. The molecule has 3 aromatic rings. The van der Waals surface area contributed by atoms with Crippen LogP contribution in [0, 0.1) is 13.8 Å². The van der Waals surface area contributed by atoms with Crippen molar-refractivity contribution in [3.8, 4) is 0 Å². The summed E-state index contributed by atoms with van der Waals surface area (Å²) < 4.78 is 5.48. The van der Waals surface area contributed by atoms with Crippen LogP contribution < -0.4 is 0 Å². The van der Waals surface area contributed by atoms with E-state index in [1.165, 1.54) is 16.5 Å². The van der Waals surface area contributed by atoms with E-state index in [2.05, 4.69) is 37.3 Å². The van der Waals surface area contributed by atoms with Gasteiger partial charge in [0, 0.05) is 5.56 Å². The van der Waals surface area contributed by atoms with Gasteiger partial charge in [-0.25, -0.2) is 4.79 Å². The van der Waals surface area contributed by atoms with Gasteiger partial charge in [-0.1, -0.05) is 65.7 Å². The Morgan fingerprint density at radius 1 is 0.800 bits per heavy atom. The van der Waals surface area contributed by atoms with E-state index in [1.54, 1.807) is 0 Å². The first-order valence-electron chi connectivity index (χ1n) is 8.31. The summed E-state index contributed by atoms with van der Waals surface area (Å²) >= 11 is 0. The number of hydrogen-bond donors (Lipinski definition) is 0. The predicted octanol–water partition coefficient (Wildman–Crippen LogP) is 5.44. The third-order valence-corrected chi connectivity index (χ3v) is 4.40. The summed E-state index contributed by atoms with van der Waals surface area (Å²) in [7, 11) is 0. The molecule has 3 aromatic carbocycles. The average molecular weight is 326 g/mol. The first-order valence-corrected chi connectivity index (χ1v) is 8.31. The largest absolute Gasteiger partial charge is 0.422 e. The predicted molar refractivity (Wildman–Crippen MR) is 102 cm³/mol. The van der Waals surface area contributed by atoms with E-state index in [-0.39, 0.29) is 5.97 Å². The topological polar surface area (TPSA) is 26.3 Å². The quantitative estimate of drug-likeness (QED) is 0.463. The molecular formula is C23H18O2. The molecule has 0 amide bonds. The second-order valence-corrected chi connectivity index (χ2v) is 6.47. The molecule has 1 aliphatic heterocycles. The fraction of sp³-hybridized carbons (Fsp3) is 0.0870. The molecule has 0 radical (unpaired) electrons. The van der Waals surface area contributed by atoms with Crippen molar-refractivity contribution in [2.45, 2.75) is 13.8 Å². The van der Waals surface area contributed by atoms with Gasteiger partial charge in [-0.05, 0) is 48.4 Å². The third-order valence-electron chi connectivity index (χ3n) is 4.40. The Bertz CT molecular complexity index is 1040. The zero-order chi connectivity index (χ0) is 17.4. The van der Waals surface area contributed by atoms with Gasteiger partial charge in [0.15, 0.2) is 0 Å². The summed E-state index contributed by atoms with van der Waals surface area (Å²) in [5, 5.41) is 2.32. The van der Waals surface area contributed by atoms with Crippen molar-refractivity contribution in [1.29, 1.82) is 0 Å². The van der Waals surface area contributed by atoms with Crippen molar-refractivity contribution in [3.63, 3.8) is 0 Å². The van der Waals surface area contributed by atoms with Crippen molar-refractivity contribution >= 4 is 28.6 Å². The molecule has 4 rings (SSSR count). The summed E-state index contributed by atoms with van der Waals surface area (Å²) in [4.78, 5) is 12.2. The number of hydrogen-bond acceptors (Lipinski definition) is 2. The molecule has 0 aromatic heterocycles. The van der Waals surface area contributed by atoms with E-state index < -0.39 is 0 Å². The van der Waals surface area contributed by atoms with Gasteiger partial charge in [0.2, 0.25) is 0 Å². The van der Waals surface area contributed by atoms with Crippen LogP contribution in [-0.4, -0.2) is 5.97 Å². The fourth-order valence-corrected chi connectivity index (χ4v) is 2.99. The Balaban J connectivity index is 1.70. The Hall–Kier alpha value is -3.13. The van der Waals surface area contributed by atoms with Crippen molar-refractivity contribution < 1.29 is 9.53 Å². The number of fused-ring (bicyclic) bond motifs is 1. The first kappa shape index (κ1) is 15.4. The Labute approximate surface area is 147 Å². The van der Waals surface area contributed by atoms with Crippen molar-refractivity contribution in [3.05, 3.63) is 94.6 Å². The lowest BCUT2D eigenvalue weighted by molar-refractivity contribution is -0.130. The minimum absolute atomic E-state index is 0.306. The molecular weight excluding hydrogens is 308 g/mol. The van der Waals surface area contributed by atoms with E-state index in [0.717, 1.165) is 16.5 Å². The van der Waals surface area contributed by atoms with E-state index in [9.17, 15) is 4.79 Å². The molecule has 0 N–H and O–H groups in total. The Morgan fingerprint density at radius 3 is 2.28 bits per heavy atom. The molecule has 0 unspecified atom stereocenters. The van der Waals surface area contributed by atoms with Crippen molar-refractivity contribution in [2.75, 3.05) is 0 Å². The Kier molecular flexibility index (Phi) is 3.73. The van der Waals surface area contributed by atoms with Gasteiger partial charge in [-0.15, -0.1) is 0 Å². The zero-order valence-corrected chi connectivity index (χ0v) is 14.2. The summed E-state index contributed by atoms with van der Waals surface area (Å²) in [5.41, 5.74) is 4.90. The van der Waals surface area contributed by atoms with Gasteiger partial charge in [-0.2, -0.15) is 0 Å². The molecule has 25 heavy (non-hydrogen) atoms. The second kappa shape index (κ2) is 6.06. The monoisotopic (exact) mass is 326 g/mol. The number of benzene rings is 3. The normalized spacial score (nSPS) is 15.5. The minimum Gasteiger partial charge on any atom is -0.422 e. The average Bonchev–Trinajstić information content (AvgIpc) is 2.97. The standard InChI is InChI=1S/C23H18O2/c1-15-3-6-17(7-4-15)12-21-14-22(25-23(21)24)20-10-9-18-11-16(2)5-8-19(18)13-20/h3-14H,1-2H3/b21-12-. The second-order valence-electron chi connectivity index (χ2n) is 6.47. The molecule has 0 saturated heterocycles. The molecule has 0 saturated carbocycles. The number of carbonyl (C=O) groups excluding carboxylic acids is 1. The van der Waals surface area contributed by atoms with Crippen LogP contribution in [0.2, 0.25) is 0 Å². The molecule has 0 atom stereocenters. The number of ether oxygens (including phenoxy) is 1. The van der Waals surface area contributed by atoms with Gasteiger partial charge in [0.25, 0.3) is 0 Å². The van der Waals surface area contributed by atoms with Crippen LogP contribution in [0.25, 0.3) is 22.6 Å². The van der Waals surface area contributed by atoms with E-state index in [1.807, 2.05) is 49.4 Å². The maximum atomic E-state index is 12.2. The van der Waals surface area contributed by atoms with Crippen molar-refractivity contribution in [2.24, 2.45) is 0 Å².